The molecular weight excluding hydrogens is 440 g/mol. The number of amides is 1. The Balaban J connectivity index is 1.35. The zero-order chi connectivity index (χ0) is 22.2. The van der Waals surface area contributed by atoms with Crippen molar-refractivity contribution >= 4 is 55.7 Å². The summed E-state index contributed by atoms with van der Waals surface area (Å²) in [7, 11) is 0. The van der Waals surface area contributed by atoms with E-state index in [1.165, 1.54) is 11.3 Å². The molecule has 4 aromatic heterocycles. The first kappa shape index (κ1) is 20.2. The Morgan fingerprint density at radius 3 is 2.75 bits per heavy atom. The van der Waals surface area contributed by atoms with Crippen molar-refractivity contribution < 1.29 is 4.79 Å². The Labute approximate surface area is 192 Å². The molecule has 9 heteroatoms. The number of para-hydroxylation sites is 2. The molecule has 0 saturated carbocycles. The summed E-state index contributed by atoms with van der Waals surface area (Å²) >= 11 is 2.91. The molecule has 5 rings (SSSR count). The fourth-order valence-corrected chi connectivity index (χ4v) is 5.27. The van der Waals surface area contributed by atoms with Crippen LogP contribution >= 0.6 is 22.7 Å². The molecule has 4 heterocycles. The summed E-state index contributed by atoms with van der Waals surface area (Å²) in [5, 5.41) is 7.75. The van der Waals surface area contributed by atoms with E-state index < -0.39 is 0 Å². The first-order valence-corrected chi connectivity index (χ1v) is 11.6. The molecule has 4 N–H and O–H groups in total. The van der Waals surface area contributed by atoms with Gasteiger partial charge < -0.3 is 16.4 Å². The third-order valence-corrected chi connectivity index (χ3v) is 6.95. The number of anilines is 4. The molecule has 1 aromatic carbocycles. The van der Waals surface area contributed by atoms with Crippen molar-refractivity contribution in [3.05, 3.63) is 77.1 Å². The molecule has 7 nitrogen and oxygen atoms in total. The van der Waals surface area contributed by atoms with Crippen molar-refractivity contribution in [2.45, 2.75) is 13.8 Å². The Hall–Kier alpha value is -3.69. The van der Waals surface area contributed by atoms with Crippen molar-refractivity contribution in [2.75, 3.05) is 16.4 Å². The molecule has 0 radical (unpaired) electrons. The minimum Gasteiger partial charge on any atom is -0.397 e. The lowest BCUT2D eigenvalue weighted by molar-refractivity contribution is 0.103. The Morgan fingerprint density at radius 1 is 1.06 bits per heavy atom. The number of aromatic nitrogens is 3. The van der Waals surface area contributed by atoms with Crippen molar-refractivity contribution in [3.63, 3.8) is 0 Å². The van der Waals surface area contributed by atoms with Crippen molar-refractivity contribution in [3.8, 4) is 10.6 Å². The van der Waals surface area contributed by atoms with Crippen LogP contribution in [0.4, 0.5) is 21.5 Å². The van der Waals surface area contributed by atoms with Gasteiger partial charge in [0.05, 0.1) is 37.5 Å². The monoisotopic (exact) mass is 460 g/mol. The maximum absolute atomic E-state index is 12.6. The molecule has 0 unspecified atom stereocenters. The fraction of sp³-hybridized carbons (Fsp3) is 0.0870. The van der Waals surface area contributed by atoms with Gasteiger partial charge in [-0.1, -0.05) is 29.5 Å². The number of benzene rings is 1. The lowest BCUT2D eigenvalue weighted by Gasteiger charge is -2.06. The van der Waals surface area contributed by atoms with E-state index in [-0.39, 0.29) is 5.91 Å². The first-order valence-electron chi connectivity index (χ1n) is 9.93. The van der Waals surface area contributed by atoms with Crippen LogP contribution < -0.4 is 16.4 Å². The molecule has 5 aromatic rings. The van der Waals surface area contributed by atoms with Crippen LogP contribution in [0.15, 0.2) is 60.9 Å². The van der Waals surface area contributed by atoms with Gasteiger partial charge >= 0.3 is 0 Å². The number of thiophene rings is 1. The molecular formula is C23H20N6OS2. The SMILES string of the molecule is Cc1nc2c(C)cccn2c1-c1cnc(Nc2ccc(C(=O)Nc3ccccc3N)s2)s1. The van der Waals surface area contributed by atoms with Gasteiger partial charge in [0.15, 0.2) is 5.13 Å². The number of fused-ring (bicyclic) bond motifs is 1. The zero-order valence-corrected chi connectivity index (χ0v) is 19.1. The van der Waals surface area contributed by atoms with Crippen molar-refractivity contribution in [2.24, 2.45) is 0 Å². The highest BCUT2D eigenvalue weighted by atomic mass is 32.1. The largest absolute Gasteiger partial charge is 0.397 e. The molecule has 160 valence electrons. The summed E-state index contributed by atoms with van der Waals surface area (Å²) in [5.74, 6) is -0.197. The number of thiazole rings is 1. The molecule has 32 heavy (non-hydrogen) atoms. The highest BCUT2D eigenvalue weighted by Crippen LogP contribution is 2.35. The number of imidazole rings is 1. The second-order valence-corrected chi connectivity index (χ2v) is 9.40. The van der Waals surface area contributed by atoms with E-state index in [1.54, 1.807) is 29.5 Å². The predicted octanol–water partition coefficient (Wildman–Crippen LogP) is 5.71. The number of carbonyl (C=O) groups is 1. The summed E-state index contributed by atoms with van der Waals surface area (Å²) in [6, 6.07) is 14.9. The highest BCUT2D eigenvalue weighted by molar-refractivity contribution is 7.20. The molecule has 1 amide bonds. The van der Waals surface area contributed by atoms with Crippen LogP contribution in [0.1, 0.15) is 20.9 Å². The lowest BCUT2D eigenvalue weighted by atomic mass is 10.2. The van der Waals surface area contributed by atoms with Gasteiger partial charge in [-0.15, -0.1) is 11.3 Å². The van der Waals surface area contributed by atoms with Crippen LogP contribution in [-0.2, 0) is 0 Å². The van der Waals surface area contributed by atoms with Gasteiger partial charge in [0, 0.05) is 12.4 Å². The van der Waals surface area contributed by atoms with Crippen molar-refractivity contribution in [1.29, 1.82) is 0 Å². The van der Waals surface area contributed by atoms with Gasteiger partial charge in [-0.05, 0) is 49.7 Å². The number of pyridine rings is 1. The van der Waals surface area contributed by atoms with Crippen LogP contribution in [0.2, 0.25) is 0 Å². The molecule has 0 aliphatic carbocycles. The zero-order valence-electron chi connectivity index (χ0n) is 17.4. The molecule has 0 saturated heterocycles. The van der Waals surface area contributed by atoms with Crippen LogP contribution in [-0.4, -0.2) is 20.3 Å². The standard InChI is InChI=1S/C23H20N6OS2/c1-13-6-5-11-29-20(14(2)26-21(13)29)18-12-25-23(32-18)28-19-10-9-17(31-19)22(30)27-16-8-4-3-7-15(16)24/h3-12H,24H2,1-2H3,(H,25,28)(H,27,30). The Kier molecular flexibility index (Phi) is 5.12. The third kappa shape index (κ3) is 3.72. The normalized spacial score (nSPS) is 11.1. The maximum Gasteiger partial charge on any atom is 0.265 e. The molecule has 0 fully saturated rings. The summed E-state index contributed by atoms with van der Waals surface area (Å²) in [5.41, 5.74) is 11.1. The third-order valence-electron chi connectivity index (χ3n) is 5.03. The number of aryl methyl sites for hydroxylation is 2. The van der Waals surface area contributed by atoms with Crippen LogP contribution in [0, 0.1) is 13.8 Å². The number of nitrogens with one attached hydrogen (secondary N) is 2. The minimum atomic E-state index is -0.197. The number of hydrogen-bond donors (Lipinski definition) is 3. The molecule has 0 spiro atoms. The van der Waals surface area contributed by atoms with Gasteiger partial charge in [0.25, 0.3) is 5.91 Å². The molecule has 0 bridgehead atoms. The smallest absolute Gasteiger partial charge is 0.265 e. The number of nitrogens with two attached hydrogens (primary N) is 1. The van der Waals surface area contributed by atoms with Gasteiger partial charge in [0.2, 0.25) is 0 Å². The number of hydrogen-bond acceptors (Lipinski definition) is 7. The van der Waals surface area contributed by atoms with Crippen LogP contribution in [0.3, 0.4) is 0 Å². The highest BCUT2D eigenvalue weighted by Gasteiger charge is 2.16. The second-order valence-electron chi connectivity index (χ2n) is 7.29. The number of rotatable bonds is 5. The topological polar surface area (TPSA) is 97.3 Å². The fourth-order valence-electron chi connectivity index (χ4n) is 3.48. The van der Waals surface area contributed by atoms with Gasteiger partial charge in [-0.25, -0.2) is 9.97 Å². The van der Waals surface area contributed by atoms with E-state index in [0.717, 1.165) is 37.6 Å². The molecule has 0 atom stereocenters. The Morgan fingerprint density at radius 2 is 1.91 bits per heavy atom. The summed E-state index contributed by atoms with van der Waals surface area (Å²) in [6.45, 7) is 4.07. The average molecular weight is 461 g/mol. The van der Waals surface area contributed by atoms with E-state index in [4.69, 9.17) is 10.7 Å². The minimum absolute atomic E-state index is 0.197. The predicted molar refractivity (Wildman–Crippen MR) is 132 cm³/mol. The van der Waals surface area contributed by atoms with E-state index in [1.807, 2.05) is 43.6 Å². The van der Waals surface area contributed by atoms with Gasteiger partial charge in [0.1, 0.15) is 5.65 Å². The van der Waals surface area contributed by atoms with Crippen LogP contribution in [0.5, 0.6) is 0 Å². The Bertz CT molecular complexity index is 1450. The number of carbonyl (C=O) groups excluding carboxylic acids is 1. The second kappa shape index (κ2) is 8.10. The van der Waals surface area contributed by atoms with Crippen LogP contribution in [0.25, 0.3) is 16.2 Å². The van der Waals surface area contributed by atoms with Gasteiger partial charge in [-0.2, -0.15) is 0 Å². The summed E-state index contributed by atoms with van der Waals surface area (Å²) in [6.07, 6.45) is 3.87. The van der Waals surface area contributed by atoms with Crippen molar-refractivity contribution in [1.82, 2.24) is 14.4 Å². The van der Waals surface area contributed by atoms with E-state index in [0.29, 0.717) is 16.3 Å². The number of nitrogens with zero attached hydrogens (tertiary/aromatic N) is 3. The molecule has 0 aliphatic heterocycles. The average Bonchev–Trinajstić information content (AvgIpc) is 3.49. The summed E-state index contributed by atoms with van der Waals surface area (Å²) in [4.78, 5) is 23.4. The quantitative estimate of drug-likeness (QED) is 0.292. The molecule has 0 aliphatic rings. The van der Waals surface area contributed by atoms with Gasteiger partial charge in [-0.3, -0.25) is 9.20 Å². The lowest BCUT2D eigenvalue weighted by Crippen LogP contribution is -2.11. The van der Waals surface area contributed by atoms with E-state index in [9.17, 15) is 4.79 Å². The maximum atomic E-state index is 12.6. The van der Waals surface area contributed by atoms with E-state index >= 15 is 0 Å². The first-order chi connectivity index (χ1) is 15.5. The summed E-state index contributed by atoms with van der Waals surface area (Å²) < 4.78 is 2.10. The number of nitrogen functional groups attached to an aromatic ring is 1. The van der Waals surface area contributed by atoms with E-state index in [2.05, 4.69) is 33.0 Å².